The highest BCUT2D eigenvalue weighted by molar-refractivity contribution is 7.18. The summed E-state index contributed by atoms with van der Waals surface area (Å²) in [4.78, 5) is 25.7. The van der Waals surface area contributed by atoms with E-state index in [1.165, 1.54) is 23.3 Å². The Balaban J connectivity index is 1.77. The summed E-state index contributed by atoms with van der Waals surface area (Å²) in [5.74, 6) is 1.70. The molecule has 2 aromatic rings. The number of carbonyl (C=O) groups is 1. The fraction of sp³-hybridized carbons (Fsp3) is 0.588. The molecule has 0 aromatic carbocycles. The lowest BCUT2D eigenvalue weighted by molar-refractivity contribution is -0.129. The Labute approximate surface area is 141 Å². The SMILES string of the molecule is Cc1nc(NCC(=O)N2CCCCCC2)c2c(C)c(C)sc2n1. The van der Waals surface area contributed by atoms with E-state index >= 15 is 0 Å². The molecule has 124 valence electrons. The Morgan fingerprint density at radius 1 is 1.13 bits per heavy atom. The molecule has 1 fully saturated rings. The Bertz CT molecular complexity index is 717. The van der Waals surface area contributed by atoms with Gasteiger partial charge in [-0.2, -0.15) is 0 Å². The van der Waals surface area contributed by atoms with Gasteiger partial charge in [0.2, 0.25) is 5.91 Å². The van der Waals surface area contributed by atoms with Crippen LogP contribution in [0.5, 0.6) is 0 Å². The molecule has 1 amide bonds. The highest BCUT2D eigenvalue weighted by Gasteiger charge is 2.17. The molecule has 3 rings (SSSR count). The standard InChI is InChI=1S/C17H24N4OS/c1-11-12(2)23-17-15(11)16(19-13(3)20-17)18-10-14(22)21-8-6-4-5-7-9-21/h4-10H2,1-3H3,(H,18,19,20). The molecule has 1 aliphatic rings. The molecule has 0 radical (unpaired) electrons. The first-order valence-corrected chi connectivity index (χ1v) is 9.14. The third-order valence-corrected chi connectivity index (χ3v) is 5.61. The summed E-state index contributed by atoms with van der Waals surface area (Å²) >= 11 is 1.69. The number of rotatable bonds is 3. The van der Waals surface area contributed by atoms with Gasteiger partial charge in [0.1, 0.15) is 16.5 Å². The van der Waals surface area contributed by atoms with Crippen LogP contribution >= 0.6 is 11.3 Å². The van der Waals surface area contributed by atoms with Crippen LogP contribution in [0.4, 0.5) is 5.82 Å². The van der Waals surface area contributed by atoms with Crippen molar-refractivity contribution >= 4 is 33.3 Å². The fourth-order valence-corrected chi connectivity index (χ4v) is 4.15. The van der Waals surface area contributed by atoms with Crippen LogP contribution in [0.25, 0.3) is 10.2 Å². The quantitative estimate of drug-likeness (QED) is 0.935. The Morgan fingerprint density at radius 3 is 2.52 bits per heavy atom. The molecule has 3 heterocycles. The van der Waals surface area contributed by atoms with E-state index in [0.717, 1.165) is 47.8 Å². The smallest absolute Gasteiger partial charge is 0.241 e. The summed E-state index contributed by atoms with van der Waals surface area (Å²) in [5, 5.41) is 4.32. The second kappa shape index (κ2) is 6.83. The number of anilines is 1. The average molecular weight is 332 g/mol. The summed E-state index contributed by atoms with van der Waals surface area (Å²) in [6.07, 6.45) is 4.70. The maximum atomic E-state index is 12.5. The monoisotopic (exact) mass is 332 g/mol. The average Bonchev–Trinajstić information content (AvgIpc) is 2.73. The Morgan fingerprint density at radius 2 is 1.83 bits per heavy atom. The number of fused-ring (bicyclic) bond motifs is 1. The zero-order valence-electron chi connectivity index (χ0n) is 14.1. The Hall–Kier alpha value is -1.69. The molecule has 0 atom stereocenters. The van der Waals surface area contributed by atoms with Crippen LogP contribution in [0.15, 0.2) is 0 Å². The van der Waals surface area contributed by atoms with Gasteiger partial charge < -0.3 is 10.2 Å². The van der Waals surface area contributed by atoms with Gasteiger partial charge in [-0.25, -0.2) is 9.97 Å². The van der Waals surface area contributed by atoms with Crippen molar-refractivity contribution in [3.05, 3.63) is 16.3 Å². The van der Waals surface area contributed by atoms with E-state index in [2.05, 4.69) is 29.1 Å². The van der Waals surface area contributed by atoms with Crippen molar-refractivity contribution in [2.24, 2.45) is 0 Å². The molecule has 0 bridgehead atoms. The lowest BCUT2D eigenvalue weighted by atomic mass is 10.2. The van der Waals surface area contributed by atoms with E-state index in [1.54, 1.807) is 11.3 Å². The minimum atomic E-state index is 0.168. The minimum absolute atomic E-state index is 0.168. The van der Waals surface area contributed by atoms with E-state index in [0.29, 0.717) is 6.54 Å². The first-order chi connectivity index (χ1) is 11.1. The molecule has 23 heavy (non-hydrogen) atoms. The van der Waals surface area contributed by atoms with Crippen molar-refractivity contribution in [3.8, 4) is 0 Å². The maximum absolute atomic E-state index is 12.5. The molecule has 1 N–H and O–H groups in total. The molecule has 5 nitrogen and oxygen atoms in total. The lowest BCUT2D eigenvalue weighted by Gasteiger charge is -2.20. The number of hydrogen-bond donors (Lipinski definition) is 1. The minimum Gasteiger partial charge on any atom is -0.360 e. The molecular formula is C17H24N4OS. The molecule has 0 spiro atoms. The predicted octanol–water partition coefficient (Wildman–Crippen LogP) is 3.43. The van der Waals surface area contributed by atoms with Crippen molar-refractivity contribution < 1.29 is 4.79 Å². The van der Waals surface area contributed by atoms with Crippen molar-refractivity contribution in [3.63, 3.8) is 0 Å². The Kier molecular flexibility index (Phi) is 4.80. The first-order valence-electron chi connectivity index (χ1n) is 8.32. The molecule has 6 heteroatoms. The largest absolute Gasteiger partial charge is 0.360 e. The lowest BCUT2D eigenvalue weighted by Crippen LogP contribution is -2.36. The van der Waals surface area contributed by atoms with Crippen LogP contribution in [0.3, 0.4) is 0 Å². The molecule has 1 saturated heterocycles. The van der Waals surface area contributed by atoms with Crippen molar-refractivity contribution in [2.75, 3.05) is 25.0 Å². The summed E-state index contributed by atoms with van der Waals surface area (Å²) in [6.45, 7) is 8.16. The molecule has 0 aliphatic carbocycles. The van der Waals surface area contributed by atoms with Gasteiger partial charge in [0.05, 0.1) is 11.9 Å². The second-order valence-corrected chi connectivity index (χ2v) is 7.43. The van der Waals surface area contributed by atoms with Crippen LogP contribution in [-0.4, -0.2) is 40.4 Å². The zero-order chi connectivity index (χ0) is 16.4. The van der Waals surface area contributed by atoms with Gasteiger partial charge in [0.15, 0.2) is 0 Å². The normalized spacial score (nSPS) is 15.7. The van der Waals surface area contributed by atoms with Crippen molar-refractivity contribution in [2.45, 2.75) is 46.5 Å². The fourth-order valence-electron chi connectivity index (χ4n) is 3.08. The van der Waals surface area contributed by atoms with Crippen LogP contribution in [0, 0.1) is 20.8 Å². The number of aryl methyl sites for hydroxylation is 3. The molecule has 1 aliphatic heterocycles. The van der Waals surface area contributed by atoms with Crippen LogP contribution in [0.2, 0.25) is 0 Å². The van der Waals surface area contributed by atoms with E-state index in [1.807, 2.05) is 11.8 Å². The van der Waals surface area contributed by atoms with E-state index in [-0.39, 0.29) is 5.91 Å². The summed E-state index contributed by atoms with van der Waals surface area (Å²) in [6, 6.07) is 0. The number of thiophene rings is 1. The number of aromatic nitrogens is 2. The predicted molar refractivity (Wildman–Crippen MR) is 95.2 cm³/mol. The number of hydrogen-bond acceptors (Lipinski definition) is 5. The van der Waals surface area contributed by atoms with Gasteiger partial charge in [-0.05, 0) is 39.2 Å². The highest BCUT2D eigenvalue weighted by Crippen LogP contribution is 2.33. The van der Waals surface area contributed by atoms with E-state index in [4.69, 9.17) is 0 Å². The molecule has 2 aromatic heterocycles. The first kappa shape index (κ1) is 16.2. The van der Waals surface area contributed by atoms with Gasteiger partial charge in [-0.3, -0.25) is 4.79 Å². The van der Waals surface area contributed by atoms with Gasteiger partial charge in [-0.15, -0.1) is 11.3 Å². The maximum Gasteiger partial charge on any atom is 0.241 e. The van der Waals surface area contributed by atoms with Crippen LogP contribution < -0.4 is 5.32 Å². The molecule has 0 saturated carbocycles. The number of likely N-dealkylation sites (tertiary alicyclic amines) is 1. The third kappa shape index (κ3) is 3.47. The summed E-state index contributed by atoms with van der Waals surface area (Å²) in [5.41, 5.74) is 1.20. The number of nitrogens with one attached hydrogen (secondary N) is 1. The third-order valence-electron chi connectivity index (χ3n) is 4.51. The van der Waals surface area contributed by atoms with E-state index < -0.39 is 0 Å². The topological polar surface area (TPSA) is 58.1 Å². The van der Waals surface area contributed by atoms with Crippen LogP contribution in [0.1, 0.15) is 41.9 Å². The van der Waals surface area contributed by atoms with Gasteiger partial charge in [-0.1, -0.05) is 12.8 Å². The van der Waals surface area contributed by atoms with Crippen molar-refractivity contribution in [1.29, 1.82) is 0 Å². The van der Waals surface area contributed by atoms with Gasteiger partial charge in [0.25, 0.3) is 0 Å². The summed E-state index contributed by atoms with van der Waals surface area (Å²) in [7, 11) is 0. The summed E-state index contributed by atoms with van der Waals surface area (Å²) < 4.78 is 0. The highest BCUT2D eigenvalue weighted by atomic mass is 32.1. The van der Waals surface area contributed by atoms with E-state index in [9.17, 15) is 4.79 Å². The molecule has 0 unspecified atom stereocenters. The zero-order valence-corrected chi connectivity index (χ0v) is 14.9. The number of amides is 1. The second-order valence-electron chi connectivity index (χ2n) is 6.23. The van der Waals surface area contributed by atoms with Crippen molar-refractivity contribution in [1.82, 2.24) is 14.9 Å². The number of nitrogens with zero attached hydrogens (tertiary/aromatic N) is 3. The van der Waals surface area contributed by atoms with Crippen LogP contribution in [-0.2, 0) is 4.79 Å². The van der Waals surface area contributed by atoms with Gasteiger partial charge >= 0.3 is 0 Å². The number of carbonyl (C=O) groups excluding carboxylic acids is 1. The molecular weight excluding hydrogens is 308 g/mol. The van der Waals surface area contributed by atoms with Gasteiger partial charge in [0, 0.05) is 18.0 Å².